The molecule has 0 radical (unpaired) electrons. The van der Waals surface area contributed by atoms with Crippen LogP contribution in [0.25, 0.3) is 0 Å². The van der Waals surface area contributed by atoms with E-state index < -0.39 is 0 Å². The minimum atomic E-state index is -0.359. The highest BCUT2D eigenvalue weighted by Crippen LogP contribution is 2.32. The molecule has 2 fully saturated rings. The molecule has 2 aliphatic rings. The van der Waals surface area contributed by atoms with Gasteiger partial charge in [0.2, 0.25) is 5.91 Å². The lowest BCUT2D eigenvalue weighted by Crippen LogP contribution is -2.47. The fraction of sp³-hybridized carbons (Fsp3) is 0.526. The lowest BCUT2D eigenvalue weighted by Gasteiger charge is -2.35. The van der Waals surface area contributed by atoms with Crippen molar-refractivity contribution in [3.8, 4) is 0 Å². The molecule has 2 aromatic heterocycles. The number of likely N-dealkylation sites (tertiary alicyclic amines) is 1. The molecule has 25 heavy (non-hydrogen) atoms. The van der Waals surface area contributed by atoms with E-state index in [1.54, 1.807) is 6.26 Å². The number of furan rings is 2. The number of aryl methyl sites for hydroxylation is 1. The molecule has 1 N–H and O–H groups in total. The topological polar surface area (TPSA) is 67.8 Å². The molecule has 0 spiro atoms. The van der Waals surface area contributed by atoms with Gasteiger partial charge in [-0.2, -0.15) is 0 Å². The van der Waals surface area contributed by atoms with E-state index in [-0.39, 0.29) is 18.1 Å². The Hall–Kier alpha value is -2.05. The maximum Gasteiger partial charge on any atom is 0.249 e. The van der Waals surface area contributed by atoms with Crippen molar-refractivity contribution < 1.29 is 18.4 Å². The SMILES string of the molecule is Cc1ccc(CN2CC[C@@H]3O[C@H](C(=O)NCc4ccco4)CC[C@@H]32)o1. The number of rotatable bonds is 5. The molecule has 3 atom stereocenters. The van der Waals surface area contributed by atoms with E-state index >= 15 is 0 Å². The van der Waals surface area contributed by atoms with Gasteiger partial charge in [0.25, 0.3) is 0 Å². The van der Waals surface area contributed by atoms with Crippen LogP contribution < -0.4 is 5.32 Å². The number of carbonyl (C=O) groups excluding carboxylic acids is 1. The molecule has 6 nitrogen and oxygen atoms in total. The summed E-state index contributed by atoms with van der Waals surface area (Å²) in [4.78, 5) is 14.8. The van der Waals surface area contributed by atoms with Gasteiger partial charge in [-0.05, 0) is 50.5 Å². The molecule has 134 valence electrons. The standard InChI is InChI=1S/C19H24N2O4/c1-13-4-5-15(24-13)12-21-9-8-17-16(21)6-7-18(25-17)19(22)20-11-14-3-2-10-23-14/h2-5,10,16-18H,6-9,11-12H2,1H3,(H,20,22)/t16-,17-,18-/m0/s1. The number of nitrogens with zero attached hydrogens (tertiary/aromatic N) is 1. The number of fused-ring (bicyclic) bond motifs is 1. The molecular weight excluding hydrogens is 320 g/mol. The van der Waals surface area contributed by atoms with E-state index in [9.17, 15) is 4.79 Å². The van der Waals surface area contributed by atoms with Crippen LogP contribution in [0.2, 0.25) is 0 Å². The number of nitrogens with one attached hydrogen (secondary N) is 1. The van der Waals surface area contributed by atoms with Crippen molar-refractivity contribution in [1.82, 2.24) is 10.2 Å². The van der Waals surface area contributed by atoms with Gasteiger partial charge >= 0.3 is 0 Å². The molecular formula is C19H24N2O4. The van der Waals surface area contributed by atoms with Crippen LogP contribution in [0, 0.1) is 6.92 Å². The first-order valence-electron chi connectivity index (χ1n) is 8.94. The first-order chi connectivity index (χ1) is 12.2. The second kappa shape index (κ2) is 7.06. The number of ether oxygens (including phenoxy) is 1. The van der Waals surface area contributed by atoms with Crippen LogP contribution in [0.5, 0.6) is 0 Å². The quantitative estimate of drug-likeness (QED) is 0.903. The van der Waals surface area contributed by atoms with Crippen molar-refractivity contribution in [2.45, 2.75) is 57.5 Å². The molecule has 4 heterocycles. The average Bonchev–Trinajstić information content (AvgIpc) is 3.35. The Bertz CT molecular complexity index is 709. The van der Waals surface area contributed by atoms with Gasteiger partial charge in [-0.15, -0.1) is 0 Å². The van der Waals surface area contributed by atoms with Crippen LogP contribution in [0.4, 0.5) is 0 Å². The zero-order valence-electron chi connectivity index (χ0n) is 14.4. The van der Waals surface area contributed by atoms with Gasteiger partial charge in [0.1, 0.15) is 23.4 Å². The largest absolute Gasteiger partial charge is 0.467 e. The highest BCUT2D eigenvalue weighted by Gasteiger charge is 2.41. The molecule has 6 heteroatoms. The van der Waals surface area contributed by atoms with Crippen LogP contribution >= 0.6 is 0 Å². The Morgan fingerprint density at radius 2 is 2.16 bits per heavy atom. The van der Waals surface area contributed by atoms with Crippen molar-refractivity contribution >= 4 is 5.91 Å². The summed E-state index contributed by atoms with van der Waals surface area (Å²) in [6.07, 6.45) is 4.07. The Kier molecular flexibility index (Phi) is 4.63. The molecule has 2 aliphatic heterocycles. The molecule has 2 saturated heterocycles. The Labute approximate surface area is 147 Å². The second-order valence-electron chi connectivity index (χ2n) is 6.88. The zero-order valence-corrected chi connectivity index (χ0v) is 14.4. The first-order valence-corrected chi connectivity index (χ1v) is 8.94. The Morgan fingerprint density at radius 3 is 2.92 bits per heavy atom. The summed E-state index contributed by atoms with van der Waals surface area (Å²) in [6, 6.07) is 8.08. The fourth-order valence-electron chi connectivity index (χ4n) is 3.88. The Morgan fingerprint density at radius 1 is 1.24 bits per heavy atom. The maximum absolute atomic E-state index is 12.4. The van der Waals surface area contributed by atoms with Crippen LogP contribution in [-0.2, 0) is 22.6 Å². The maximum atomic E-state index is 12.4. The second-order valence-corrected chi connectivity index (χ2v) is 6.88. The van der Waals surface area contributed by atoms with Crippen molar-refractivity contribution in [3.05, 3.63) is 47.8 Å². The van der Waals surface area contributed by atoms with Crippen LogP contribution in [0.3, 0.4) is 0 Å². The van der Waals surface area contributed by atoms with Gasteiger partial charge in [0.05, 0.1) is 25.5 Å². The summed E-state index contributed by atoms with van der Waals surface area (Å²) in [5, 5.41) is 2.90. The van der Waals surface area contributed by atoms with E-state index in [2.05, 4.69) is 10.2 Å². The highest BCUT2D eigenvalue weighted by atomic mass is 16.5. The van der Waals surface area contributed by atoms with Gasteiger partial charge < -0.3 is 18.9 Å². The van der Waals surface area contributed by atoms with Crippen molar-refractivity contribution in [2.75, 3.05) is 6.54 Å². The van der Waals surface area contributed by atoms with Crippen molar-refractivity contribution in [1.29, 1.82) is 0 Å². The van der Waals surface area contributed by atoms with Gasteiger partial charge in [-0.25, -0.2) is 0 Å². The van der Waals surface area contributed by atoms with Crippen LogP contribution in [0.1, 0.15) is 36.5 Å². The van der Waals surface area contributed by atoms with Gasteiger partial charge in [-0.1, -0.05) is 0 Å². The smallest absolute Gasteiger partial charge is 0.249 e. The summed E-state index contributed by atoms with van der Waals surface area (Å²) < 4.78 is 17.0. The fourth-order valence-corrected chi connectivity index (χ4v) is 3.88. The minimum absolute atomic E-state index is 0.0463. The third kappa shape index (κ3) is 3.65. The monoisotopic (exact) mass is 344 g/mol. The number of hydrogen-bond donors (Lipinski definition) is 1. The molecule has 0 bridgehead atoms. The average molecular weight is 344 g/mol. The Balaban J connectivity index is 1.29. The zero-order chi connectivity index (χ0) is 17.2. The molecule has 0 saturated carbocycles. The minimum Gasteiger partial charge on any atom is -0.467 e. The number of hydrogen-bond acceptors (Lipinski definition) is 5. The lowest BCUT2D eigenvalue weighted by molar-refractivity contribution is -0.144. The number of carbonyl (C=O) groups is 1. The molecule has 1 amide bonds. The van der Waals surface area contributed by atoms with Crippen LogP contribution in [0.15, 0.2) is 39.4 Å². The van der Waals surface area contributed by atoms with Gasteiger partial charge in [0, 0.05) is 12.6 Å². The van der Waals surface area contributed by atoms with Gasteiger partial charge in [0.15, 0.2) is 0 Å². The molecule has 2 aromatic rings. The molecule has 0 aromatic carbocycles. The predicted molar refractivity (Wildman–Crippen MR) is 90.7 cm³/mol. The van der Waals surface area contributed by atoms with E-state index in [1.165, 1.54) is 0 Å². The van der Waals surface area contributed by atoms with Crippen molar-refractivity contribution in [3.63, 3.8) is 0 Å². The number of amides is 1. The van der Waals surface area contributed by atoms with Gasteiger partial charge in [-0.3, -0.25) is 9.69 Å². The first kappa shape index (κ1) is 16.4. The van der Waals surface area contributed by atoms with E-state index in [4.69, 9.17) is 13.6 Å². The summed E-state index contributed by atoms with van der Waals surface area (Å²) in [7, 11) is 0. The van der Waals surface area contributed by atoms with E-state index in [0.29, 0.717) is 12.6 Å². The van der Waals surface area contributed by atoms with E-state index in [0.717, 1.165) is 49.6 Å². The third-order valence-electron chi connectivity index (χ3n) is 5.13. The summed E-state index contributed by atoms with van der Waals surface area (Å²) in [6.45, 7) is 4.17. The molecule has 4 rings (SSSR count). The summed E-state index contributed by atoms with van der Waals surface area (Å²) in [5.41, 5.74) is 0. The van der Waals surface area contributed by atoms with Crippen molar-refractivity contribution in [2.24, 2.45) is 0 Å². The lowest BCUT2D eigenvalue weighted by atomic mass is 9.98. The predicted octanol–water partition coefficient (Wildman–Crippen LogP) is 2.62. The molecule has 0 aliphatic carbocycles. The third-order valence-corrected chi connectivity index (χ3v) is 5.13. The van der Waals surface area contributed by atoms with Crippen LogP contribution in [-0.4, -0.2) is 35.6 Å². The normalized spacial score (nSPS) is 26.5. The summed E-state index contributed by atoms with van der Waals surface area (Å²) in [5.74, 6) is 2.65. The molecule has 0 unspecified atom stereocenters. The van der Waals surface area contributed by atoms with E-state index in [1.807, 2.05) is 31.2 Å². The highest BCUT2D eigenvalue weighted by molar-refractivity contribution is 5.80. The summed E-state index contributed by atoms with van der Waals surface area (Å²) >= 11 is 0.